The van der Waals surface area contributed by atoms with Gasteiger partial charge in [-0.25, -0.2) is 0 Å². The van der Waals surface area contributed by atoms with Gasteiger partial charge < -0.3 is 5.11 Å². The van der Waals surface area contributed by atoms with Crippen LogP contribution in [0.4, 0.5) is 0 Å². The number of hydrogen-bond donors (Lipinski definition) is 1. The summed E-state index contributed by atoms with van der Waals surface area (Å²) in [5, 5.41) is 9.17. The molecule has 1 aromatic rings. The fourth-order valence-electron chi connectivity index (χ4n) is 3.11. The minimum atomic E-state index is -0.661. The Bertz CT molecular complexity index is 454. The van der Waals surface area contributed by atoms with Crippen LogP contribution >= 0.6 is 0 Å². The van der Waals surface area contributed by atoms with Crippen molar-refractivity contribution in [3.63, 3.8) is 0 Å². The quantitative estimate of drug-likeness (QED) is 0.864. The number of benzene rings is 1. The van der Waals surface area contributed by atoms with E-state index >= 15 is 0 Å². The van der Waals surface area contributed by atoms with Crippen LogP contribution in [-0.2, 0) is 4.79 Å². The van der Waals surface area contributed by atoms with Gasteiger partial charge in [0.1, 0.15) is 0 Å². The van der Waals surface area contributed by atoms with Crippen molar-refractivity contribution >= 4 is 5.97 Å². The molecule has 0 spiro atoms. The molecule has 0 bridgehead atoms. The molecule has 2 aliphatic carbocycles. The summed E-state index contributed by atoms with van der Waals surface area (Å²) in [5.41, 5.74) is 2.51. The maximum absolute atomic E-state index is 11.1. The normalized spacial score (nSPS) is 30.0. The highest BCUT2D eigenvalue weighted by atomic mass is 16.4. The molecular weight excluding hydrogens is 212 g/mol. The van der Waals surface area contributed by atoms with E-state index < -0.39 is 5.97 Å². The smallest absolute Gasteiger partial charge is 0.307 e. The highest BCUT2D eigenvalue weighted by molar-refractivity contribution is 5.77. The van der Waals surface area contributed by atoms with Gasteiger partial charge in [0.05, 0.1) is 5.92 Å². The van der Waals surface area contributed by atoms with E-state index in [-0.39, 0.29) is 17.3 Å². The number of carboxylic acid groups (broad SMARTS) is 1. The van der Waals surface area contributed by atoms with E-state index in [1.165, 1.54) is 24.0 Å². The molecule has 2 nitrogen and oxygen atoms in total. The summed E-state index contributed by atoms with van der Waals surface area (Å²) in [6.07, 6.45) is 2.62. The summed E-state index contributed by atoms with van der Waals surface area (Å²) in [6, 6.07) is 8.62. The predicted octanol–water partition coefficient (Wildman–Crippen LogP) is 3.39. The zero-order chi connectivity index (χ0) is 12.2. The third-order valence-corrected chi connectivity index (χ3v) is 4.44. The van der Waals surface area contributed by atoms with Gasteiger partial charge >= 0.3 is 5.97 Å². The Hall–Kier alpha value is -1.31. The van der Waals surface area contributed by atoms with E-state index in [0.717, 1.165) is 5.92 Å². The van der Waals surface area contributed by atoms with E-state index in [2.05, 4.69) is 24.3 Å². The van der Waals surface area contributed by atoms with Gasteiger partial charge in [0.2, 0.25) is 0 Å². The van der Waals surface area contributed by atoms with Gasteiger partial charge in [0.15, 0.2) is 0 Å². The first-order chi connectivity index (χ1) is 8.01. The Balaban J connectivity index is 1.83. The molecule has 2 fully saturated rings. The fourth-order valence-corrected chi connectivity index (χ4v) is 3.11. The topological polar surface area (TPSA) is 37.3 Å². The van der Waals surface area contributed by atoms with E-state index in [1.54, 1.807) is 0 Å². The lowest BCUT2D eigenvalue weighted by molar-refractivity contribution is -0.139. The van der Waals surface area contributed by atoms with Crippen molar-refractivity contribution in [3.05, 3.63) is 35.4 Å². The van der Waals surface area contributed by atoms with Crippen molar-refractivity contribution < 1.29 is 9.90 Å². The molecule has 0 amide bonds. The van der Waals surface area contributed by atoms with Gasteiger partial charge in [0.25, 0.3) is 0 Å². The zero-order valence-corrected chi connectivity index (χ0v) is 10.3. The van der Waals surface area contributed by atoms with E-state index in [1.807, 2.05) is 13.8 Å². The molecule has 0 aliphatic heterocycles. The molecule has 2 saturated carbocycles. The van der Waals surface area contributed by atoms with Crippen LogP contribution in [0.25, 0.3) is 0 Å². The number of rotatable bonds is 3. The molecule has 2 aliphatic rings. The molecule has 2 heteroatoms. The summed E-state index contributed by atoms with van der Waals surface area (Å²) in [4.78, 5) is 11.1. The third kappa shape index (κ3) is 1.67. The Morgan fingerprint density at radius 1 is 1.18 bits per heavy atom. The molecule has 2 unspecified atom stereocenters. The fraction of sp³-hybridized carbons (Fsp3) is 0.533. The SMILES string of the molecule is CC1(C)C(C(=O)O)C1c1ccc(C2CC2)cc1. The van der Waals surface area contributed by atoms with Crippen LogP contribution in [0.15, 0.2) is 24.3 Å². The summed E-state index contributed by atoms with van der Waals surface area (Å²) >= 11 is 0. The monoisotopic (exact) mass is 230 g/mol. The maximum atomic E-state index is 11.1. The van der Waals surface area contributed by atoms with Crippen molar-refractivity contribution in [2.75, 3.05) is 0 Å². The second kappa shape index (κ2) is 3.34. The van der Waals surface area contributed by atoms with Crippen molar-refractivity contribution in [1.82, 2.24) is 0 Å². The van der Waals surface area contributed by atoms with Crippen LogP contribution in [0.5, 0.6) is 0 Å². The summed E-state index contributed by atoms with van der Waals surface area (Å²) in [7, 11) is 0. The molecule has 2 atom stereocenters. The Morgan fingerprint density at radius 3 is 2.12 bits per heavy atom. The lowest BCUT2D eigenvalue weighted by Crippen LogP contribution is -2.03. The lowest BCUT2D eigenvalue weighted by atomic mass is 10.0. The molecule has 90 valence electrons. The average molecular weight is 230 g/mol. The third-order valence-electron chi connectivity index (χ3n) is 4.44. The van der Waals surface area contributed by atoms with Crippen LogP contribution in [0.3, 0.4) is 0 Å². The van der Waals surface area contributed by atoms with Gasteiger partial charge in [0, 0.05) is 5.92 Å². The Labute approximate surface area is 102 Å². The van der Waals surface area contributed by atoms with Crippen molar-refractivity contribution in [3.8, 4) is 0 Å². The zero-order valence-electron chi connectivity index (χ0n) is 10.3. The molecule has 0 saturated heterocycles. The van der Waals surface area contributed by atoms with Gasteiger partial charge in [-0.2, -0.15) is 0 Å². The molecule has 1 N–H and O–H groups in total. The first-order valence-electron chi connectivity index (χ1n) is 6.34. The minimum absolute atomic E-state index is 0.0903. The van der Waals surface area contributed by atoms with E-state index in [4.69, 9.17) is 0 Å². The molecular formula is C15H18O2. The number of aliphatic carboxylic acids is 1. The highest BCUT2D eigenvalue weighted by Crippen LogP contribution is 2.64. The van der Waals surface area contributed by atoms with Crippen molar-refractivity contribution in [2.45, 2.75) is 38.5 Å². The highest BCUT2D eigenvalue weighted by Gasteiger charge is 2.62. The average Bonchev–Trinajstić information content (AvgIpc) is 3.13. The van der Waals surface area contributed by atoms with Crippen LogP contribution in [-0.4, -0.2) is 11.1 Å². The molecule has 1 aromatic carbocycles. The molecule has 17 heavy (non-hydrogen) atoms. The summed E-state index contributed by atoms with van der Waals surface area (Å²) in [6.45, 7) is 4.09. The van der Waals surface area contributed by atoms with Gasteiger partial charge in [-0.05, 0) is 35.3 Å². The molecule has 3 rings (SSSR count). The number of carboxylic acids is 1. The van der Waals surface area contributed by atoms with Crippen molar-refractivity contribution in [2.24, 2.45) is 11.3 Å². The molecule has 0 aromatic heterocycles. The van der Waals surface area contributed by atoms with Gasteiger partial charge in [-0.15, -0.1) is 0 Å². The van der Waals surface area contributed by atoms with Crippen LogP contribution in [0, 0.1) is 11.3 Å². The second-order valence-electron chi connectivity index (χ2n) is 6.06. The lowest BCUT2D eigenvalue weighted by Gasteiger charge is -2.04. The van der Waals surface area contributed by atoms with Gasteiger partial charge in [-0.3, -0.25) is 4.79 Å². The van der Waals surface area contributed by atoms with E-state index in [9.17, 15) is 9.90 Å². The Kier molecular flexibility index (Phi) is 2.13. The first kappa shape index (κ1) is 10.8. The second-order valence-corrected chi connectivity index (χ2v) is 6.06. The van der Waals surface area contributed by atoms with Crippen LogP contribution in [0.2, 0.25) is 0 Å². The van der Waals surface area contributed by atoms with Gasteiger partial charge in [-0.1, -0.05) is 38.1 Å². The first-order valence-corrected chi connectivity index (χ1v) is 6.34. The number of carbonyl (C=O) groups is 1. The maximum Gasteiger partial charge on any atom is 0.307 e. The summed E-state index contributed by atoms with van der Waals surface area (Å²) < 4.78 is 0. The van der Waals surface area contributed by atoms with Crippen LogP contribution < -0.4 is 0 Å². The van der Waals surface area contributed by atoms with Crippen LogP contribution in [0.1, 0.15) is 49.7 Å². The standard InChI is InChI=1S/C15H18O2/c1-15(2)12(13(15)14(16)17)11-7-5-10(6-8-11)9-3-4-9/h5-9,12-13H,3-4H2,1-2H3,(H,16,17). The largest absolute Gasteiger partial charge is 0.481 e. The number of hydrogen-bond acceptors (Lipinski definition) is 1. The molecule has 0 heterocycles. The minimum Gasteiger partial charge on any atom is -0.481 e. The predicted molar refractivity (Wildman–Crippen MR) is 66.1 cm³/mol. The van der Waals surface area contributed by atoms with E-state index in [0.29, 0.717) is 0 Å². The Morgan fingerprint density at radius 2 is 1.71 bits per heavy atom. The summed E-state index contributed by atoms with van der Waals surface area (Å²) in [5.74, 6) is 0.0836. The molecule has 0 radical (unpaired) electrons. The van der Waals surface area contributed by atoms with Crippen molar-refractivity contribution in [1.29, 1.82) is 0 Å².